The highest BCUT2D eigenvalue weighted by molar-refractivity contribution is 7.13. The first-order valence-corrected chi connectivity index (χ1v) is 11.1. The van der Waals surface area contributed by atoms with E-state index in [4.69, 9.17) is 4.74 Å². The van der Waals surface area contributed by atoms with Gasteiger partial charge in [0.2, 0.25) is 5.91 Å². The monoisotopic (exact) mass is 417 g/mol. The number of methoxy groups -OCH3 is 1. The Morgan fingerprint density at radius 3 is 2.97 bits per heavy atom. The van der Waals surface area contributed by atoms with Crippen LogP contribution in [0.5, 0.6) is 0 Å². The molecule has 1 aliphatic heterocycles. The summed E-state index contributed by atoms with van der Waals surface area (Å²) in [6, 6.07) is 3.77. The summed E-state index contributed by atoms with van der Waals surface area (Å²) in [4.78, 5) is 27.4. The van der Waals surface area contributed by atoms with Crippen LogP contribution < -0.4 is 0 Å². The molecule has 1 aromatic heterocycles. The fraction of sp³-hybridized carbons (Fsp3) is 0.565. The van der Waals surface area contributed by atoms with Gasteiger partial charge in [0.25, 0.3) is 0 Å². The van der Waals surface area contributed by atoms with Crippen molar-refractivity contribution in [3.05, 3.63) is 34.0 Å². The van der Waals surface area contributed by atoms with Gasteiger partial charge in [0, 0.05) is 30.7 Å². The molecule has 29 heavy (non-hydrogen) atoms. The van der Waals surface area contributed by atoms with Gasteiger partial charge < -0.3 is 14.7 Å². The summed E-state index contributed by atoms with van der Waals surface area (Å²) in [5.41, 5.74) is 0. The number of carbonyl (C=O) groups excluding carboxylic acids is 2. The van der Waals surface area contributed by atoms with Crippen LogP contribution in [0, 0.1) is 17.8 Å². The van der Waals surface area contributed by atoms with Crippen LogP contribution in [0.15, 0.2) is 24.3 Å². The molecule has 1 aromatic rings. The first kappa shape index (κ1) is 23.2. The zero-order valence-electron chi connectivity index (χ0n) is 17.5. The molecule has 0 aliphatic carbocycles. The van der Waals surface area contributed by atoms with E-state index in [1.54, 1.807) is 6.07 Å². The van der Waals surface area contributed by atoms with Crippen molar-refractivity contribution in [3.8, 4) is 11.8 Å². The van der Waals surface area contributed by atoms with E-state index in [9.17, 15) is 14.7 Å². The number of hydrogen-bond donors (Lipinski definition) is 1. The maximum atomic E-state index is 12.3. The summed E-state index contributed by atoms with van der Waals surface area (Å²) in [5, 5.41) is 10.3. The largest absolute Gasteiger partial charge is 0.465 e. The number of esters is 1. The number of thiophene rings is 1. The second-order valence-electron chi connectivity index (χ2n) is 7.32. The third-order valence-corrected chi connectivity index (χ3v) is 6.21. The van der Waals surface area contributed by atoms with Crippen LogP contribution in [0.3, 0.4) is 0 Å². The Labute approximate surface area is 177 Å². The summed E-state index contributed by atoms with van der Waals surface area (Å²) in [5.74, 6) is 6.03. The Balaban J connectivity index is 1.85. The van der Waals surface area contributed by atoms with Gasteiger partial charge in [0.05, 0.1) is 19.3 Å². The standard InChI is InChI=1S/C23H31NO4S/c1-4-5-6-8-17(2)20(25)13-10-18-11-15-22(26)24(18)16-7-9-19-12-14-21(29-19)23(27)28-3/h10,12-14,17-18,20,25H,4,7-9,11,15-16H2,1-3H3/b13-10+/t17?,18-,20-/m0/s1. The molecule has 1 saturated heterocycles. The molecular weight excluding hydrogens is 386 g/mol. The molecule has 0 bridgehead atoms. The number of aliphatic hydroxyl groups excluding tert-OH is 1. The lowest BCUT2D eigenvalue weighted by atomic mass is 10.00. The second kappa shape index (κ2) is 11.8. The number of nitrogens with zero attached hydrogens (tertiary/aromatic N) is 1. The van der Waals surface area contributed by atoms with E-state index in [-0.39, 0.29) is 23.8 Å². The molecule has 1 aliphatic rings. The summed E-state index contributed by atoms with van der Waals surface area (Å²) in [6.07, 6.45) is 7.72. The van der Waals surface area contributed by atoms with Crippen LogP contribution in [0.4, 0.5) is 0 Å². The van der Waals surface area contributed by atoms with Crippen molar-refractivity contribution < 1.29 is 19.4 Å². The molecule has 2 rings (SSSR count). The Morgan fingerprint density at radius 1 is 1.45 bits per heavy atom. The average molecular weight is 418 g/mol. The van der Waals surface area contributed by atoms with Crippen LogP contribution in [0.25, 0.3) is 0 Å². The number of carbonyl (C=O) groups is 2. The van der Waals surface area contributed by atoms with Gasteiger partial charge in [-0.25, -0.2) is 4.79 Å². The van der Waals surface area contributed by atoms with Crippen LogP contribution in [0.2, 0.25) is 0 Å². The van der Waals surface area contributed by atoms with Crippen molar-refractivity contribution in [3.63, 3.8) is 0 Å². The fourth-order valence-corrected chi connectivity index (χ4v) is 4.27. The molecule has 6 heteroatoms. The zero-order valence-corrected chi connectivity index (χ0v) is 18.3. The first-order chi connectivity index (χ1) is 14.0. The molecule has 158 valence electrons. The van der Waals surface area contributed by atoms with E-state index in [2.05, 4.69) is 11.8 Å². The lowest BCUT2D eigenvalue weighted by Crippen LogP contribution is -2.33. The van der Waals surface area contributed by atoms with Gasteiger partial charge in [-0.1, -0.05) is 26.0 Å². The lowest BCUT2D eigenvalue weighted by Gasteiger charge is -2.23. The first-order valence-electron chi connectivity index (χ1n) is 10.2. The van der Waals surface area contributed by atoms with Gasteiger partial charge in [-0.15, -0.1) is 23.2 Å². The topological polar surface area (TPSA) is 66.8 Å². The molecule has 3 atom stereocenters. The molecule has 0 saturated carbocycles. The number of aliphatic hydroxyl groups is 1. The predicted octanol–water partition coefficient (Wildman–Crippen LogP) is 3.82. The van der Waals surface area contributed by atoms with Gasteiger partial charge in [0.15, 0.2) is 0 Å². The Bertz CT molecular complexity index is 773. The van der Waals surface area contributed by atoms with Crippen molar-refractivity contribution in [2.24, 2.45) is 5.92 Å². The fourth-order valence-electron chi connectivity index (χ4n) is 3.30. The quantitative estimate of drug-likeness (QED) is 0.377. The van der Waals surface area contributed by atoms with E-state index < -0.39 is 6.10 Å². The van der Waals surface area contributed by atoms with Gasteiger partial charge in [-0.3, -0.25) is 4.79 Å². The summed E-state index contributed by atoms with van der Waals surface area (Å²) >= 11 is 1.44. The van der Waals surface area contributed by atoms with E-state index >= 15 is 0 Å². The zero-order chi connectivity index (χ0) is 21.2. The van der Waals surface area contributed by atoms with Crippen molar-refractivity contribution in [1.29, 1.82) is 0 Å². The minimum atomic E-state index is -0.554. The normalized spacial score (nSPS) is 18.6. The predicted molar refractivity (Wildman–Crippen MR) is 116 cm³/mol. The molecule has 1 amide bonds. The number of likely N-dealkylation sites (tertiary alicyclic amines) is 1. The Hall–Kier alpha value is -2.10. The SMILES string of the molecule is CCC#CCC(C)[C@@H](O)/C=C/[C@H]1CCC(=O)N1CCCc1ccc(C(=O)OC)s1. The molecule has 0 spiro atoms. The number of aryl methyl sites for hydroxylation is 1. The van der Waals surface area contributed by atoms with Gasteiger partial charge in [-0.05, 0) is 37.3 Å². The third-order valence-electron chi connectivity index (χ3n) is 5.08. The minimum Gasteiger partial charge on any atom is -0.465 e. The maximum Gasteiger partial charge on any atom is 0.348 e. The number of rotatable bonds is 9. The molecule has 2 heterocycles. The van der Waals surface area contributed by atoms with E-state index in [1.807, 2.05) is 37.0 Å². The Kier molecular flexibility index (Phi) is 9.43. The smallest absolute Gasteiger partial charge is 0.348 e. The summed E-state index contributed by atoms with van der Waals surface area (Å²) < 4.78 is 4.74. The van der Waals surface area contributed by atoms with Gasteiger partial charge >= 0.3 is 5.97 Å². The van der Waals surface area contributed by atoms with Gasteiger partial charge in [-0.2, -0.15) is 0 Å². The molecule has 1 fully saturated rings. The van der Waals surface area contributed by atoms with Crippen molar-refractivity contribution in [1.82, 2.24) is 4.90 Å². The van der Waals surface area contributed by atoms with Crippen LogP contribution >= 0.6 is 11.3 Å². The van der Waals surface area contributed by atoms with Crippen molar-refractivity contribution in [2.45, 2.75) is 64.5 Å². The molecule has 0 radical (unpaired) electrons. The number of hydrogen-bond acceptors (Lipinski definition) is 5. The highest BCUT2D eigenvalue weighted by atomic mass is 32.1. The second-order valence-corrected chi connectivity index (χ2v) is 8.49. The highest BCUT2D eigenvalue weighted by Crippen LogP contribution is 2.23. The van der Waals surface area contributed by atoms with Crippen molar-refractivity contribution in [2.75, 3.05) is 13.7 Å². The molecular formula is C23H31NO4S. The average Bonchev–Trinajstić information content (AvgIpc) is 3.33. The molecule has 1 unspecified atom stereocenters. The van der Waals surface area contributed by atoms with E-state index in [0.717, 1.165) is 30.6 Å². The lowest BCUT2D eigenvalue weighted by molar-refractivity contribution is -0.128. The van der Waals surface area contributed by atoms with Crippen molar-refractivity contribution >= 4 is 23.2 Å². The number of amides is 1. The third kappa shape index (κ3) is 7.02. The minimum absolute atomic E-state index is 0.0417. The van der Waals surface area contributed by atoms with Crippen LogP contribution in [-0.4, -0.2) is 47.7 Å². The summed E-state index contributed by atoms with van der Waals surface area (Å²) in [7, 11) is 1.38. The number of ether oxygens (including phenoxy) is 1. The summed E-state index contributed by atoms with van der Waals surface area (Å²) in [6.45, 7) is 4.67. The van der Waals surface area contributed by atoms with Crippen LogP contribution in [-0.2, 0) is 16.0 Å². The van der Waals surface area contributed by atoms with Crippen LogP contribution in [0.1, 0.15) is 60.5 Å². The molecule has 0 aromatic carbocycles. The molecule has 5 nitrogen and oxygen atoms in total. The molecule has 1 N–H and O–H groups in total. The maximum absolute atomic E-state index is 12.3. The highest BCUT2D eigenvalue weighted by Gasteiger charge is 2.28. The van der Waals surface area contributed by atoms with E-state index in [0.29, 0.717) is 24.3 Å². The Morgan fingerprint density at radius 2 is 2.24 bits per heavy atom. The van der Waals surface area contributed by atoms with E-state index in [1.165, 1.54) is 18.4 Å². The van der Waals surface area contributed by atoms with Gasteiger partial charge in [0.1, 0.15) is 4.88 Å².